The Morgan fingerprint density at radius 2 is 2.23 bits per heavy atom. The second-order valence-electron chi connectivity index (χ2n) is 4.37. The summed E-state index contributed by atoms with van der Waals surface area (Å²) in [5.41, 5.74) is 4.80. The van der Waals surface area contributed by atoms with Gasteiger partial charge in [0.15, 0.2) is 5.16 Å². The molecule has 1 aromatic heterocycles. The van der Waals surface area contributed by atoms with Gasteiger partial charge in [-0.25, -0.2) is 4.39 Å². The van der Waals surface area contributed by atoms with E-state index in [1.165, 1.54) is 16.7 Å². The zero-order chi connectivity index (χ0) is 16.3. The summed E-state index contributed by atoms with van der Waals surface area (Å²) in [4.78, 5) is 21.3. The van der Waals surface area contributed by atoms with E-state index >= 15 is 0 Å². The predicted molar refractivity (Wildman–Crippen MR) is 76.6 cm³/mol. The number of nitro groups is 1. The van der Waals surface area contributed by atoms with Gasteiger partial charge in [-0.2, -0.15) is 0 Å². The van der Waals surface area contributed by atoms with Crippen LogP contribution in [-0.2, 0) is 17.1 Å². The van der Waals surface area contributed by atoms with Crippen LogP contribution in [0.25, 0.3) is 0 Å². The van der Waals surface area contributed by atoms with Gasteiger partial charge in [-0.1, -0.05) is 17.8 Å². The molecule has 0 aliphatic heterocycles. The lowest BCUT2D eigenvalue weighted by atomic mass is 10.2. The molecule has 0 fully saturated rings. The van der Waals surface area contributed by atoms with Crippen molar-refractivity contribution in [2.45, 2.75) is 24.4 Å². The van der Waals surface area contributed by atoms with Gasteiger partial charge < -0.3 is 5.73 Å². The van der Waals surface area contributed by atoms with E-state index < -0.39 is 16.6 Å². The SMILES string of the molecule is Cc1nnc(SCc2c(F)cccc2[N+](=O)[O-])n1CC(N)=O. The highest BCUT2D eigenvalue weighted by Crippen LogP contribution is 2.29. The standard InChI is InChI=1S/C12H12FN5O3S/c1-7-15-16-12(17(7)5-11(14)19)22-6-8-9(13)3-2-4-10(8)18(20)21/h2-4H,5-6H2,1H3,(H2,14,19). The van der Waals surface area contributed by atoms with Crippen LogP contribution in [0, 0.1) is 22.9 Å². The number of hydrogen-bond acceptors (Lipinski definition) is 6. The van der Waals surface area contributed by atoms with Crippen molar-refractivity contribution in [3.63, 3.8) is 0 Å². The molecule has 0 spiro atoms. The number of hydrogen-bond donors (Lipinski definition) is 1. The smallest absolute Gasteiger partial charge is 0.276 e. The van der Waals surface area contributed by atoms with Gasteiger partial charge in [0.25, 0.3) is 5.69 Å². The summed E-state index contributed by atoms with van der Waals surface area (Å²) < 4.78 is 15.3. The summed E-state index contributed by atoms with van der Waals surface area (Å²) in [5.74, 6) is -0.773. The minimum Gasteiger partial charge on any atom is -0.368 e. The van der Waals surface area contributed by atoms with Crippen LogP contribution in [0.5, 0.6) is 0 Å². The fraction of sp³-hybridized carbons (Fsp3) is 0.250. The minimum absolute atomic E-state index is 0.0140. The molecule has 1 amide bonds. The van der Waals surface area contributed by atoms with Gasteiger partial charge in [-0.15, -0.1) is 10.2 Å². The quantitative estimate of drug-likeness (QED) is 0.487. The summed E-state index contributed by atoms with van der Waals surface area (Å²) in [6, 6.07) is 3.67. The van der Waals surface area contributed by atoms with Crippen molar-refractivity contribution in [1.29, 1.82) is 0 Å². The Morgan fingerprint density at radius 1 is 1.50 bits per heavy atom. The van der Waals surface area contributed by atoms with Gasteiger partial charge in [0.1, 0.15) is 18.2 Å². The van der Waals surface area contributed by atoms with Gasteiger partial charge >= 0.3 is 0 Å². The van der Waals surface area contributed by atoms with Crippen molar-refractivity contribution in [1.82, 2.24) is 14.8 Å². The van der Waals surface area contributed by atoms with E-state index in [2.05, 4.69) is 10.2 Å². The minimum atomic E-state index is -0.667. The van der Waals surface area contributed by atoms with Crippen molar-refractivity contribution >= 4 is 23.4 Å². The molecule has 0 bridgehead atoms. The van der Waals surface area contributed by atoms with Gasteiger partial charge in [-0.05, 0) is 13.0 Å². The number of rotatable bonds is 6. The molecule has 8 nitrogen and oxygen atoms in total. The summed E-state index contributed by atoms with van der Waals surface area (Å²) >= 11 is 1.05. The summed E-state index contributed by atoms with van der Waals surface area (Å²) in [6.07, 6.45) is 0. The lowest BCUT2D eigenvalue weighted by Crippen LogP contribution is -2.20. The zero-order valence-electron chi connectivity index (χ0n) is 11.5. The summed E-state index contributed by atoms with van der Waals surface area (Å²) in [5, 5.41) is 19.0. The highest BCUT2D eigenvalue weighted by molar-refractivity contribution is 7.98. The first kappa shape index (κ1) is 15.9. The van der Waals surface area contributed by atoms with E-state index in [0.717, 1.165) is 17.8 Å². The first-order chi connectivity index (χ1) is 10.4. The van der Waals surface area contributed by atoms with Crippen molar-refractivity contribution in [3.8, 4) is 0 Å². The maximum absolute atomic E-state index is 13.8. The van der Waals surface area contributed by atoms with Crippen molar-refractivity contribution in [2.75, 3.05) is 0 Å². The topological polar surface area (TPSA) is 117 Å². The molecule has 0 aliphatic carbocycles. The number of amides is 1. The average molecular weight is 325 g/mol. The van der Waals surface area contributed by atoms with Crippen LogP contribution in [0.4, 0.5) is 10.1 Å². The Hall–Kier alpha value is -2.49. The van der Waals surface area contributed by atoms with Gasteiger partial charge in [0.05, 0.1) is 10.5 Å². The molecule has 1 heterocycles. The molecule has 0 radical (unpaired) electrons. The van der Waals surface area contributed by atoms with Gasteiger partial charge in [0, 0.05) is 11.8 Å². The fourth-order valence-electron chi connectivity index (χ4n) is 1.80. The molecule has 116 valence electrons. The van der Waals surface area contributed by atoms with E-state index in [1.807, 2.05) is 0 Å². The number of benzene rings is 1. The Kier molecular flexibility index (Phi) is 4.71. The van der Waals surface area contributed by atoms with E-state index in [9.17, 15) is 19.3 Å². The number of halogens is 1. The zero-order valence-corrected chi connectivity index (χ0v) is 12.3. The maximum Gasteiger partial charge on any atom is 0.276 e. The highest BCUT2D eigenvalue weighted by Gasteiger charge is 2.19. The molecule has 1 aromatic carbocycles. The van der Waals surface area contributed by atoms with Crippen LogP contribution >= 0.6 is 11.8 Å². The van der Waals surface area contributed by atoms with E-state index in [1.54, 1.807) is 6.92 Å². The third-order valence-electron chi connectivity index (χ3n) is 2.85. The molecular weight excluding hydrogens is 313 g/mol. The van der Waals surface area contributed by atoms with Crippen LogP contribution in [0.15, 0.2) is 23.4 Å². The maximum atomic E-state index is 13.8. The van der Waals surface area contributed by atoms with Crippen LogP contribution < -0.4 is 5.73 Å². The third-order valence-corrected chi connectivity index (χ3v) is 3.85. The summed E-state index contributed by atoms with van der Waals surface area (Å²) in [7, 11) is 0. The van der Waals surface area contributed by atoms with Crippen molar-refractivity contribution < 1.29 is 14.1 Å². The Labute approximate surface area is 128 Å². The normalized spacial score (nSPS) is 10.6. The Morgan fingerprint density at radius 3 is 2.86 bits per heavy atom. The number of nitro benzene ring substituents is 1. The number of thioether (sulfide) groups is 1. The molecule has 0 atom stereocenters. The molecule has 22 heavy (non-hydrogen) atoms. The van der Waals surface area contributed by atoms with Crippen LogP contribution in [0.1, 0.15) is 11.4 Å². The molecule has 0 saturated carbocycles. The molecule has 2 N–H and O–H groups in total. The van der Waals surface area contributed by atoms with E-state index in [0.29, 0.717) is 11.0 Å². The molecule has 10 heteroatoms. The van der Waals surface area contributed by atoms with Crippen molar-refractivity contribution in [3.05, 3.63) is 45.5 Å². The van der Waals surface area contributed by atoms with E-state index in [-0.39, 0.29) is 23.5 Å². The summed E-state index contributed by atoms with van der Waals surface area (Å²) in [6.45, 7) is 1.53. The van der Waals surface area contributed by atoms with Gasteiger partial charge in [-0.3, -0.25) is 19.5 Å². The molecular formula is C12H12FN5O3S. The number of carbonyl (C=O) groups is 1. The van der Waals surface area contributed by atoms with Crippen molar-refractivity contribution in [2.24, 2.45) is 5.73 Å². The molecule has 0 aliphatic rings. The number of aryl methyl sites for hydroxylation is 1. The van der Waals surface area contributed by atoms with Crippen LogP contribution in [0.3, 0.4) is 0 Å². The second kappa shape index (κ2) is 6.52. The predicted octanol–water partition coefficient (Wildman–Crippen LogP) is 1.41. The number of nitrogens with two attached hydrogens (primary N) is 1. The number of aromatic nitrogens is 3. The van der Waals surface area contributed by atoms with Crippen LogP contribution in [-0.4, -0.2) is 25.6 Å². The number of carbonyl (C=O) groups excluding carboxylic acids is 1. The second-order valence-corrected chi connectivity index (χ2v) is 5.31. The fourth-order valence-corrected chi connectivity index (χ4v) is 2.81. The third kappa shape index (κ3) is 3.39. The average Bonchev–Trinajstić information content (AvgIpc) is 2.77. The Bertz CT molecular complexity index is 734. The number of nitrogens with zero attached hydrogens (tertiary/aromatic N) is 4. The van der Waals surface area contributed by atoms with Crippen LogP contribution in [0.2, 0.25) is 0 Å². The molecule has 0 unspecified atom stereocenters. The first-order valence-corrected chi connectivity index (χ1v) is 7.11. The lowest BCUT2D eigenvalue weighted by molar-refractivity contribution is -0.385. The van der Waals surface area contributed by atoms with Gasteiger partial charge in [0.2, 0.25) is 5.91 Å². The number of primary amides is 1. The molecule has 2 aromatic rings. The molecule has 2 rings (SSSR count). The monoisotopic (exact) mass is 325 g/mol. The lowest BCUT2D eigenvalue weighted by Gasteiger charge is -2.06. The highest BCUT2D eigenvalue weighted by atomic mass is 32.2. The largest absolute Gasteiger partial charge is 0.368 e. The first-order valence-electron chi connectivity index (χ1n) is 6.13. The molecule has 0 saturated heterocycles. The van der Waals surface area contributed by atoms with E-state index in [4.69, 9.17) is 5.73 Å². The Balaban J connectivity index is 2.25.